The van der Waals surface area contributed by atoms with Crippen LogP contribution in [0.15, 0.2) is 24.3 Å². The lowest BCUT2D eigenvalue weighted by Gasteiger charge is -2.07. The number of methoxy groups -OCH3 is 1. The van der Waals surface area contributed by atoms with Crippen molar-refractivity contribution < 1.29 is 17.9 Å². The van der Waals surface area contributed by atoms with Crippen LogP contribution < -0.4 is 10.5 Å². The van der Waals surface area contributed by atoms with Gasteiger partial charge in [0, 0.05) is 17.7 Å². The van der Waals surface area contributed by atoms with E-state index in [2.05, 4.69) is 5.10 Å². The molecule has 0 aliphatic rings. The van der Waals surface area contributed by atoms with E-state index in [0.29, 0.717) is 11.3 Å². The average molecular weight is 271 g/mol. The van der Waals surface area contributed by atoms with Crippen molar-refractivity contribution in [2.24, 2.45) is 5.73 Å². The lowest BCUT2D eigenvalue weighted by atomic mass is 10.1. The summed E-state index contributed by atoms with van der Waals surface area (Å²) in [5.74, 6) is 0.615. The number of alkyl halides is 3. The molecule has 0 unspecified atom stereocenters. The molecule has 0 radical (unpaired) electrons. The zero-order chi connectivity index (χ0) is 14.0. The van der Waals surface area contributed by atoms with Crippen LogP contribution in [0.3, 0.4) is 0 Å². The molecule has 102 valence electrons. The van der Waals surface area contributed by atoms with E-state index < -0.39 is 11.9 Å². The Morgan fingerprint density at radius 3 is 2.37 bits per heavy atom. The summed E-state index contributed by atoms with van der Waals surface area (Å²) in [4.78, 5) is 0. The van der Waals surface area contributed by atoms with E-state index in [0.717, 1.165) is 0 Å². The number of hydrogen-bond acceptors (Lipinski definition) is 3. The first kappa shape index (κ1) is 13.4. The Bertz CT molecular complexity index is 561. The van der Waals surface area contributed by atoms with Crippen LogP contribution in [-0.4, -0.2) is 17.3 Å². The van der Waals surface area contributed by atoms with Gasteiger partial charge in [0.15, 0.2) is 0 Å². The molecule has 0 amide bonds. The van der Waals surface area contributed by atoms with Crippen molar-refractivity contribution >= 4 is 0 Å². The molecule has 0 saturated heterocycles. The Kier molecular flexibility index (Phi) is 3.48. The molecule has 0 atom stereocenters. The molecule has 4 nitrogen and oxygen atoms in total. The molecule has 1 aromatic heterocycles. The number of halogens is 3. The summed E-state index contributed by atoms with van der Waals surface area (Å²) < 4.78 is 43.2. The molecule has 7 heteroatoms. The minimum absolute atomic E-state index is 0.0438. The molecular formula is C12H12F3N3O. The molecule has 0 aliphatic heterocycles. The number of nitrogens with two attached hydrogens (primary N) is 1. The number of nitrogens with zero attached hydrogens (tertiary/aromatic N) is 1. The zero-order valence-electron chi connectivity index (χ0n) is 10.1. The first-order valence-electron chi connectivity index (χ1n) is 5.46. The van der Waals surface area contributed by atoms with Gasteiger partial charge in [0.1, 0.15) is 11.4 Å². The van der Waals surface area contributed by atoms with Crippen molar-refractivity contribution in [2.75, 3.05) is 7.11 Å². The van der Waals surface area contributed by atoms with Crippen molar-refractivity contribution in [3.63, 3.8) is 0 Å². The largest absolute Gasteiger partial charge is 0.497 e. The molecule has 0 spiro atoms. The number of aromatic nitrogens is 2. The van der Waals surface area contributed by atoms with Gasteiger partial charge in [-0.3, -0.25) is 5.10 Å². The smallest absolute Gasteiger partial charge is 0.433 e. The topological polar surface area (TPSA) is 63.9 Å². The third-order valence-corrected chi connectivity index (χ3v) is 2.72. The number of aromatic amines is 1. The van der Waals surface area contributed by atoms with Crippen molar-refractivity contribution in [1.82, 2.24) is 10.2 Å². The maximum absolute atomic E-state index is 12.7. The second-order valence-corrected chi connectivity index (χ2v) is 3.86. The molecule has 0 saturated carbocycles. The molecule has 0 fully saturated rings. The number of ether oxygens (including phenoxy) is 1. The lowest BCUT2D eigenvalue weighted by molar-refractivity contribution is -0.141. The monoisotopic (exact) mass is 271 g/mol. The minimum atomic E-state index is -4.49. The third kappa shape index (κ3) is 2.55. The number of H-pyrrole nitrogens is 1. The fourth-order valence-corrected chi connectivity index (χ4v) is 1.79. The highest BCUT2D eigenvalue weighted by atomic mass is 19.4. The Hall–Kier alpha value is -2.02. The molecule has 1 heterocycles. The molecule has 0 aliphatic carbocycles. The summed E-state index contributed by atoms with van der Waals surface area (Å²) in [7, 11) is 1.51. The van der Waals surface area contributed by atoms with E-state index >= 15 is 0 Å². The van der Waals surface area contributed by atoms with Crippen molar-refractivity contribution in [1.29, 1.82) is 0 Å². The second-order valence-electron chi connectivity index (χ2n) is 3.86. The predicted molar refractivity (Wildman–Crippen MR) is 63.5 cm³/mol. The quantitative estimate of drug-likeness (QED) is 0.901. The van der Waals surface area contributed by atoms with Crippen LogP contribution in [0, 0.1) is 0 Å². The summed E-state index contributed by atoms with van der Waals surface area (Å²) in [6.45, 7) is -0.243. The van der Waals surface area contributed by atoms with E-state index in [1.54, 1.807) is 24.3 Å². The highest BCUT2D eigenvalue weighted by molar-refractivity contribution is 5.65. The Labute approximate surface area is 107 Å². The van der Waals surface area contributed by atoms with Gasteiger partial charge < -0.3 is 10.5 Å². The van der Waals surface area contributed by atoms with Crippen LogP contribution in [0.2, 0.25) is 0 Å². The van der Waals surface area contributed by atoms with Gasteiger partial charge in [0.05, 0.1) is 12.8 Å². The average Bonchev–Trinajstić information content (AvgIpc) is 2.82. The van der Waals surface area contributed by atoms with Gasteiger partial charge in [0.2, 0.25) is 0 Å². The first-order valence-corrected chi connectivity index (χ1v) is 5.46. The van der Waals surface area contributed by atoms with E-state index in [1.807, 2.05) is 5.10 Å². The Morgan fingerprint density at radius 1 is 1.26 bits per heavy atom. The summed E-state index contributed by atoms with van der Waals surface area (Å²) in [6, 6.07) is 6.57. The maximum Gasteiger partial charge on any atom is 0.433 e. The second kappa shape index (κ2) is 4.93. The van der Waals surface area contributed by atoms with Crippen LogP contribution in [-0.2, 0) is 12.7 Å². The zero-order valence-corrected chi connectivity index (χ0v) is 10.1. The molecular weight excluding hydrogens is 259 g/mol. The molecule has 3 N–H and O–H groups in total. The van der Waals surface area contributed by atoms with E-state index in [9.17, 15) is 13.2 Å². The molecule has 19 heavy (non-hydrogen) atoms. The molecule has 0 bridgehead atoms. The summed E-state index contributed by atoms with van der Waals surface area (Å²) in [5, 5.41) is 5.72. The normalized spacial score (nSPS) is 11.6. The van der Waals surface area contributed by atoms with Crippen LogP contribution in [0.25, 0.3) is 11.3 Å². The molecule has 2 aromatic rings. The standard InChI is InChI=1S/C12H12F3N3O/c1-19-8-4-2-7(3-5-8)10-9(6-16)11(18-17-10)12(13,14)15/h2-5H,6,16H2,1H3,(H,17,18). The molecule has 2 rings (SSSR count). The van der Waals surface area contributed by atoms with Gasteiger partial charge >= 0.3 is 6.18 Å². The summed E-state index contributed by atoms with van der Waals surface area (Å²) in [5.41, 5.74) is 5.21. The number of hydrogen-bond donors (Lipinski definition) is 2. The SMILES string of the molecule is COc1ccc(-c2n[nH]c(C(F)(F)F)c2CN)cc1. The highest BCUT2D eigenvalue weighted by Gasteiger charge is 2.36. The number of nitrogens with one attached hydrogen (secondary N) is 1. The van der Waals surface area contributed by atoms with Crippen LogP contribution in [0.4, 0.5) is 13.2 Å². The van der Waals surface area contributed by atoms with Crippen LogP contribution in [0.1, 0.15) is 11.3 Å². The maximum atomic E-state index is 12.7. The third-order valence-electron chi connectivity index (χ3n) is 2.72. The highest BCUT2D eigenvalue weighted by Crippen LogP contribution is 2.34. The Morgan fingerprint density at radius 2 is 1.89 bits per heavy atom. The fourth-order valence-electron chi connectivity index (χ4n) is 1.79. The van der Waals surface area contributed by atoms with E-state index in [1.165, 1.54) is 7.11 Å². The van der Waals surface area contributed by atoms with Crippen molar-refractivity contribution in [3.05, 3.63) is 35.5 Å². The minimum Gasteiger partial charge on any atom is -0.497 e. The predicted octanol–water partition coefficient (Wildman–Crippen LogP) is 2.56. The number of rotatable bonds is 3. The van der Waals surface area contributed by atoms with Crippen LogP contribution >= 0.6 is 0 Å². The van der Waals surface area contributed by atoms with Crippen molar-refractivity contribution in [2.45, 2.75) is 12.7 Å². The Balaban J connectivity index is 2.47. The molecule has 1 aromatic carbocycles. The van der Waals surface area contributed by atoms with Gasteiger partial charge in [-0.25, -0.2) is 0 Å². The fraction of sp³-hybridized carbons (Fsp3) is 0.250. The van der Waals surface area contributed by atoms with Gasteiger partial charge in [-0.15, -0.1) is 0 Å². The lowest BCUT2D eigenvalue weighted by Crippen LogP contribution is -2.11. The van der Waals surface area contributed by atoms with Gasteiger partial charge in [0.25, 0.3) is 0 Å². The van der Waals surface area contributed by atoms with Crippen LogP contribution in [0.5, 0.6) is 5.75 Å². The van der Waals surface area contributed by atoms with Gasteiger partial charge in [-0.2, -0.15) is 18.3 Å². The van der Waals surface area contributed by atoms with Gasteiger partial charge in [-0.05, 0) is 24.3 Å². The van der Waals surface area contributed by atoms with Gasteiger partial charge in [-0.1, -0.05) is 0 Å². The first-order chi connectivity index (χ1) is 8.97. The summed E-state index contributed by atoms with van der Waals surface area (Å²) in [6.07, 6.45) is -4.49. The summed E-state index contributed by atoms with van der Waals surface area (Å²) >= 11 is 0. The van der Waals surface area contributed by atoms with Crippen molar-refractivity contribution in [3.8, 4) is 17.0 Å². The number of benzene rings is 1. The van der Waals surface area contributed by atoms with E-state index in [-0.39, 0.29) is 17.8 Å². The van der Waals surface area contributed by atoms with E-state index in [4.69, 9.17) is 10.5 Å².